The maximum atomic E-state index is 6.33. The molecule has 1 aliphatic carbocycles. The lowest BCUT2D eigenvalue weighted by Crippen LogP contribution is -2.02. The third kappa shape index (κ3) is 4.32. The standard InChI is InChI=1S/C27H20ClN3/c28-27-30-25(23-15-7-13-21(17-23)19-9-3-1-4-10-19)29-26(31-27)24-16-8-14-22(18-24)20-11-5-2-6-12-20/h1-7,9-15,17-18H,8,16H2. The van der Waals surface area contributed by atoms with Crippen LogP contribution >= 0.6 is 11.6 Å². The highest BCUT2D eigenvalue weighted by molar-refractivity contribution is 6.28. The lowest BCUT2D eigenvalue weighted by atomic mass is 9.94. The van der Waals surface area contributed by atoms with Crippen molar-refractivity contribution in [2.24, 2.45) is 0 Å². The van der Waals surface area contributed by atoms with Gasteiger partial charge in [-0.15, -0.1) is 0 Å². The predicted octanol–water partition coefficient (Wildman–Crippen LogP) is 7.12. The first-order valence-corrected chi connectivity index (χ1v) is 10.7. The summed E-state index contributed by atoms with van der Waals surface area (Å²) in [5.74, 6) is 1.23. The van der Waals surface area contributed by atoms with Gasteiger partial charge in [0, 0.05) is 5.56 Å². The lowest BCUT2D eigenvalue weighted by Gasteiger charge is -2.14. The molecule has 5 rings (SSSR count). The molecule has 0 saturated carbocycles. The van der Waals surface area contributed by atoms with E-state index in [1.165, 1.54) is 11.1 Å². The highest BCUT2D eigenvalue weighted by Crippen LogP contribution is 2.31. The van der Waals surface area contributed by atoms with Crippen LogP contribution in [0.25, 0.3) is 33.7 Å². The van der Waals surface area contributed by atoms with Gasteiger partial charge < -0.3 is 0 Å². The van der Waals surface area contributed by atoms with Crippen LogP contribution in [0.1, 0.15) is 24.2 Å². The van der Waals surface area contributed by atoms with Crippen LogP contribution in [0, 0.1) is 0 Å². The molecule has 1 aromatic heterocycles. The molecule has 0 aliphatic heterocycles. The average Bonchev–Trinajstić information content (AvgIpc) is 2.85. The quantitative estimate of drug-likeness (QED) is 0.352. The molecular weight excluding hydrogens is 402 g/mol. The van der Waals surface area contributed by atoms with Crippen molar-refractivity contribution < 1.29 is 0 Å². The molecule has 31 heavy (non-hydrogen) atoms. The van der Waals surface area contributed by atoms with Gasteiger partial charge in [-0.05, 0) is 64.4 Å². The van der Waals surface area contributed by atoms with E-state index in [4.69, 9.17) is 16.6 Å². The van der Waals surface area contributed by atoms with Gasteiger partial charge in [-0.25, -0.2) is 4.98 Å². The maximum absolute atomic E-state index is 6.33. The smallest absolute Gasteiger partial charge is 0.208 e. The van der Waals surface area contributed by atoms with Crippen molar-refractivity contribution in [2.75, 3.05) is 0 Å². The molecule has 0 spiro atoms. The Hall–Kier alpha value is -3.56. The number of hydrogen-bond donors (Lipinski definition) is 0. The number of allylic oxidation sites excluding steroid dienone is 4. The molecule has 0 N–H and O–H groups in total. The Morgan fingerprint density at radius 2 is 1.26 bits per heavy atom. The molecule has 0 fully saturated rings. The fourth-order valence-electron chi connectivity index (χ4n) is 3.80. The van der Waals surface area contributed by atoms with Crippen molar-refractivity contribution in [3.05, 3.63) is 114 Å². The molecule has 3 aromatic carbocycles. The maximum Gasteiger partial charge on any atom is 0.226 e. The van der Waals surface area contributed by atoms with Gasteiger partial charge in [-0.2, -0.15) is 9.97 Å². The largest absolute Gasteiger partial charge is 0.226 e. The molecule has 0 unspecified atom stereocenters. The summed E-state index contributed by atoms with van der Waals surface area (Å²) in [5.41, 5.74) is 6.63. The van der Waals surface area contributed by atoms with Crippen molar-refractivity contribution >= 4 is 22.7 Å². The van der Waals surface area contributed by atoms with Crippen LogP contribution in [0.2, 0.25) is 5.28 Å². The summed E-state index contributed by atoms with van der Waals surface area (Å²) in [7, 11) is 0. The average molecular weight is 422 g/mol. The van der Waals surface area contributed by atoms with Gasteiger partial charge in [0.25, 0.3) is 0 Å². The van der Waals surface area contributed by atoms with Crippen LogP contribution in [-0.4, -0.2) is 15.0 Å². The van der Waals surface area contributed by atoms with Crippen molar-refractivity contribution in [3.8, 4) is 22.5 Å². The topological polar surface area (TPSA) is 38.7 Å². The van der Waals surface area contributed by atoms with Crippen LogP contribution in [0.15, 0.2) is 97.1 Å². The minimum absolute atomic E-state index is 0.210. The SMILES string of the molecule is Clc1nc(C2=CC(c3ccccc3)=CCC2)nc(-c2cccc(-c3ccccc3)c2)n1. The zero-order valence-corrected chi connectivity index (χ0v) is 17.6. The van der Waals surface area contributed by atoms with E-state index < -0.39 is 0 Å². The molecule has 0 radical (unpaired) electrons. The van der Waals surface area contributed by atoms with Crippen molar-refractivity contribution in [1.29, 1.82) is 0 Å². The Bertz CT molecular complexity index is 1280. The van der Waals surface area contributed by atoms with E-state index in [2.05, 4.69) is 70.7 Å². The third-order valence-corrected chi connectivity index (χ3v) is 5.51. The first-order valence-electron chi connectivity index (χ1n) is 10.3. The van der Waals surface area contributed by atoms with Crippen molar-refractivity contribution in [1.82, 2.24) is 15.0 Å². The minimum atomic E-state index is 0.210. The van der Waals surface area contributed by atoms with Crippen LogP contribution in [0.5, 0.6) is 0 Å². The van der Waals surface area contributed by atoms with E-state index in [-0.39, 0.29) is 5.28 Å². The summed E-state index contributed by atoms with van der Waals surface area (Å²) in [6.45, 7) is 0. The first kappa shape index (κ1) is 19.4. The van der Waals surface area contributed by atoms with Crippen LogP contribution in [-0.2, 0) is 0 Å². The molecule has 4 aromatic rings. The number of rotatable bonds is 4. The molecular formula is C27H20ClN3. The second-order valence-corrected chi connectivity index (χ2v) is 7.77. The normalized spacial score (nSPS) is 13.5. The number of benzene rings is 3. The first-order chi connectivity index (χ1) is 15.3. The van der Waals surface area contributed by atoms with E-state index in [1.54, 1.807) is 0 Å². The molecule has 3 nitrogen and oxygen atoms in total. The van der Waals surface area contributed by atoms with Gasteiger partial charge in [-0.1, -0.05) is 84.9 Å². The van der Waals surface area contributed by atoms with Crippen molar-refractivity contribution in [2.45, 2.75) is 12.8 Å². The summed E-state index contributed by atoms with van der Waals surface area (Å²) in [5, 5.41) is 0.210. The van der Waals surface area contributed by atoms with Crippen LogP contribution < -0.4 is 0 Å². The summed E-state index contributed by atoms with van der Waals surface area (Å²) < 4.78 is 0. The predicted molar refractivity (Wildman–Crippen MR) is 127 cm³/mol. The van der Waals surface area contributed by atoms with Crippen LogP contribution in [0.3, 0.4) is 0 Å². The monoisotopic (exact) mass is 421 g/mol. The summed E-state index contributed by atoms with van der Waals surface area (Å²) in [6, 6.07) is 28.8. The van der Waals surface area contributed by atoms with Gasteiger partial charge in [-0.3, -0.25) is 0 Å². The fraction of sp³-hybridized carbons (Fsp3) is 0.0741. The van der Waals surface area contributed by atoms with Gasteiger partial charge in [0.15, 0.2) is 11.6 Å². The highest BCUT2D eigenvalue weighted by atomic mass is 35.5. The molecule has 0 saturated heterocycles. The fourth-order valence-corrected chi connectivity index (χ4v) is 3.96. The molecule has 1 heterocycles. The second kappa shape index (κ2) is 8.66. The molecule has 1 aliphatic rings. The van der Waals surface area contributed by atoms with Gasteiger partial charge in [0.1, 0.15) is 0 Å². The van der Waals surface area contributed by atoms with E-state index in [9.17, 15) is 0 Å². The molecule has 4 heteroatoms. The Labute approximate surface area is 186 Å². The molecule has 150 valence electrons. The van der Waals surface area contributed by atoms with E-state index in [1.807, 2.05) is 36.4 Å². The van der Waals surface area contributed by atoms with Gasteiger partial charge in [0.05, 0.1) is 0 Å². The highest BCUT2D eigenvalue weighted by Gasteiger charge is 2.15. The zero-order valence-electron chi connectivity index (χ0n) is 16.9. The number of nitrogens with zero attached hydrogens (tertiary/aromatic N) is 3. The van der Waals surface area contributed by atoms with E-state index in [0.717, 1.165) is 35.1 Å². The number of halogens is 1. The van der Waals surface area contributed by atoms with Gasteiger partial charge >= 0.3 is 0 Å². The second-order valence-electron chi connectivity index (χ2n) is 7.43. The Balaban J connectivity index is 1.52. The van der Waals surface area contributed by atoms with Gasteiger partial charge in [0.2, 0.25) is 5.28 Å². The Kier molecular flexibility index (Phi) is 5.42. The number of aromatic nitrogens is 3. The van der Waals surface area contributed by atoms with E-state index >= 15 is 0 Å². The minimum Gasteiger partial charge on any atom is -0.208 e. The zero-order chi connectivity index (χ0) is 21.0. The molecule has 0 amide bonds. The van der Waals surface area contributed by atoms with Crippen LogP contribution in [0.4, 0.5) is 0 Å². The number of hydrogen-bond acceptors (Lipinski definition) is 3. The summed E-state index contributed by atoms with van der Waals surface area (Å²) >= 11 is 6.33. The Morgan fingerprint density at radius 3 is 2.03 bits per heavy atom. The lowest BCUT2D eigenvalue weighted by molar-refractivity contribution is 0.975. The summed E-state index contributed by atoms with van der Waals surface area (Å²) in [6.07, 6.45) is 6.24. The molecule has 0 atom stereocenters. The summed E-state index contributed by atoms with van der Waals surface area (Å²) in [4.78, 5) is 13.6. The molecule has 0 bridgehead atoms. The third-order valence-electron chi connectivity index (χ3n) is 5.34. The Morgan fingerprint density at radius 1 is 0.613 bits per heavy atom. The van der Waals surface area contributed by atoms with Crippen molar-refractivity contribution in [3.63, 3.8) is 0 Å². The van der Waals surface area contributed by atoms with E-state index in [0.29, 0.717) is 11.6 Å².